The van der Waals surface area contributed by atoms with E-state index < -0.39 is 104 Å². The van der Waals surface area contributed by atoms with Crippen molar-refractivity contribution >= 4 is 48.0 Å². The quantitative estimate of drug-likeness (QED) is 0.120. The molecule has 1 N–H and O–H groups in total. The van der Waals surface area contributed by atoms with Gasteiger partial charge in [0.1, 0.15) is 26.4 Å². The maximum atomic E-state index is 14.2. The Morgan fingerprint density at radius 2 is 1.58 bits per heavy atom. The van der Waals surface area contributed by atoms with E-state index in [0.717, 1.165) is 11.8 Å². The number of thioether (sulfide) groups is 1. The minimum absolute atomic E-state index is 0.667. The van der Waals surface area contributed by atoms with E-state index in [4.69, 9.17) is 4.18 Å². The van der Waals surface area contributed by atoms with Gasteiger partial charge in [0.05, 0.1) is 18.2 Å². The molecule has 3 fully saturated rings. The number of benzene rings is 1. The fraction of sp³-hybridized carbons (Fsp3) is 0.500. The topological polar surface area (TPSA) is 173 Å². The van der Waals surface area contributed by atoms with Crippen molar-refractivity contribution in [1.82, 2.24) is 4.72 Å². The van der Waals surface area contributed by atoms with Crippen LogP contribution < -0.4 is 9.46 Å². The van der Waals surface area contributed by atoms with Crippen LogP contribution in [0.1, 0.15) is 0 Å². The van der Waals surface area contributed by atoms with Crippen molar-refractivity contribution in [3.8, 4) is 5.75 Å². The van der Waals surface area contributed by atoms with Crippen LogP contribution in [0.5, 0.6) is 5.75 Å². The molecule has 33 heavy (non-hydrogen) atoms. The number of halogens is 4. The Bertz CT molecular complexity index is 1370. The van der Waals surface area contributed by atoms with Crippen LogP contribution in [0.2, 0.25) is 0 Å². The summed E-state index contributed by atoms with van der Waals surface area (Å²) in [4.78, 5) is 10.2. The van der Waals surface area contributed by atoms with Crippen LogP contribution in [0, 0.1) is 29.2 Å². The summed E-state index contributed by atoms with van der Waals surface area (Å²) in [5.41, 5.74) is 0. The molecule has 0 saturated carbocycles. The molecule has 3 aliphatic rings. The smallest absolute Gasteiger partial charge is 0.317 e. The first-order valence-corrected chi connectivity index (χ1v) is 14.3. The van der Waals surface area contributed by atoms with E-state index in [-0.39, 0.29) is 0 Å². The number of nitrogens with one attached hydrogen (secondary N) is 1. The summed E-state index contributed by atoms with van der Waals surface area (Å²) < 4.78 is 148. The zero-order valence-electron chi connectivity index (χ0n) is 15.7. The molecule has 6 atom stereocenters. The number of hydrogen-bond donors (Lipinski definition) is 1. The third kappa shape index (κ3) is 3.82. The Morgan fingerprint density at radius 3 is 2.06 bits per heavy atom. The Balaban J connectivity index is 1.74. The predicted octanol–water partition coefficient (Wildman–Crippen LogP) is -0.819. The van der Waals surface area contributed by atoms with Crippen LogP contribution >= 0.6 is 11.8 Å². The van der Waals surface area contributed by atoms with Gasteiger partial charge in [0.15, 0.2) is 11.6 Å². The van der Waals surface area contributed by atoms with Crippen molar-refractivity contribution in [2.24, 2.45) is 5.92 Å². The highest BCUT2D eigenvalue weighted by Crippen LogP contribution is 2.57. The van der Waals surface area contributed by atoms with Gasteiger partial charge in [-0.1, -0.05) is 0 Å². The van der Waals surface area contributed by atoms with E-state index in [2.05, 4.69) is 9.46 Å². The molecule has 3 saturated heterocycles. The lowest BCUT2D eigenvalue weighted by Crippen LogP contribution is -2.51. The SMILES string of the molecule is CS(=O)(=O)OC1C2NS(=O)(=O)C3C2SC1C3C(=O)Oc1c(F)c(F)c(S(=O)(=O)[O-])c(F)c1F. The summed E-state index contributed by atoms with van der Waals surface area (Å²) in [5, 5.41) is -3.67. The van der Waals surface area contributed by atoms with Gasteiger partial charge < -0.3 is 9.29 Å². The van der Waals surface area contributed by atoms with Crippen LogP contribution in [-0.2, 0) is 39.2 Å². The fourth-order valence-corrected chi connectivity index (χ4v) is 10.2. The lowest BCUT2D eigenvalue weighted by molar-refractivity contribution is -0.140. The number of carbonyl (C=O) groups is 1. The summed E-state index contributed by atoms with van der Waals surface area (Å²) in [6, 6.07) is -1.04. The van der Waals surface area contributed by atoms with Crippen molar-refractivity contribution in [2.75, 3.05) is 6.26 Å². The predicted molar refractivity (Wildman–Crippen MR) is 97.9 cm³/mol. The maximum absolute atomic E-state index is 14.2. The van der Waals surface area contributed by atoms with Crippen molar-refractivity contribution in [2.45, 2.75) is 32.8 Å². The maximum Gasteiger partial charge on any atom is 0.317 e. The zero-order valence-corrected chi connectivity index (χ0v) is 19.0. The van der Waals surface area contributed by atoms with Crippen molar-refractivity contribution in [3.05, 3.63) is 23.3 Å². The molecule has 0 aliphatic carbocycles. The number of esters is 1. The first kappa shape index (κ1) is 24.6. The fourth-order valence-electron chi connectivity index (χ4n) is 4.12. The molecule has 0 spiro atoms. The highest BCUT2D eigenvalue weighted by atomic mass is 32.2. The molecular weight excluding hydrogens is 546 g/mol. The third-order valence-electron chi connectivity index (χ3n) is 5.23. The Morgan fingerprint density at radius 1 is 1.03 bits per heavy atom. The van der Waals surface area contributed by atoms with Crippen LogP contribution in [0.4, 0.5) is 17.6 Å². The molecule has 4 rings (SSSR count). The average Bonchev–Trinajstić information content (AvgIpc) is 3.24. The van der Waals surface area contributed by atoms with E-state index >= 15 is 0 Å². The van der Waals surface area contributed by atoms with Gasteiger partial charge in [-0.05, 0) is 0 Å². The first-order chi connectivity index (χ1) is 15.0. The van der Waals surface area contributed by atoms with Crippen molar-refractivity contribution < 1.29 is 61.1 Å². The number of fused-ring (bicyclic) bond motifs is 1. The molecule has 1 aromatic carbocycles. The number of sulfonamides is 1. The monoisotopic (exact) mass is 556 g/mol. The summed E-state index contributed by atoms with van der Waals surface area (Å²) in [6.45, 7) is 0. The number of rotatable bonds is 5. The second-order valence-corrected chi connectivity index (χ2v) is 13.4. The molecule has 3 heterocycles. The Hall–Kier alpha value is -1.51. The van der Waals surface area contributed by atoms with E-state index in [1.54, 1.807) is 0 Å². The summed E-state index contributed by atoms with van der Waals surface area (Å²) in [6.07, 6.45) is -0.739. The normalized spacial score (nSPS) is 32.3. The van der Waals surface area contributed by atoms with Crippen molar-refractivity contribution in [3.63, 3.8) is 0 Å². The van der Waals surface area contributed by atoms with Crippen molar-refractivity contribution in [1.29, 1.82) is 0 Å². The number of carbonyl (C=O) groups excluding carboxylic acids is 1. The molecule has 0 radical (unpaired) electrons. The van der Waals surface area contributed by atoms with Gasteiger partial charge in [-0.25, -0.2) is 30.3 Å². The molecule has 2 bridgehead atoms. The number of hydrogen-bond acceptors (Lipinski definition) is 11. The van der Waals surface area contributed by atoms with Crippen LogP contribution in [0.25, 0.3) is 0 Å². The average molecular weight is 556 g/mol. The molecule has 3 aliphatic heterocycles. The van der Waals surface area contributed by atoms with Gasteiger partial charge >= 0.3 is 5.97 Å². The number of ether oxygens (including phenoxy) is 1. The Kier molecular flexibility index (Phi) is 5.59. The largest absolute Gasteiger partial charge is 0.744 e. The Labute approximate surface area is 187 Å². The van der Waals surface area contributed by atoms with E-state index in [9.17, 15) is 52.2 Å². The summed E-state index contributed by atoms with van der Waals surface area (Å²) in [7, 11) is -14.4. The van der Waals surface area contributed by atoms with Crippen LogP contribution in [-0.4, -0.2) is 69.9 Å². The summed E-state index contributed by atoms with van der Waals surface area (Å²) >= 11 is 0.841. The van der Waals surface area contributed by atoms with Crippen LogP contribution in [0.3, 0.4) is 0 Å². The van der Waals surface area contributed by atoms with Gasteiger partial charge in [-0.2, -0.15) is 17.2 Å². The zero-order chi connectivity index (χ0) is 24.8. The minimum atomic E-state index is -6.01. The second kappa shape index (κ2) is 7.49. The van der Waals surface area contributed by atoms with Gasteiger partial charge in [0.25, 0.3) is 10.1 Å². The molecule has 0 amide bonds. The highest BCUT2D eigenvalue weighted by Gasteiger charge is 2.71. The van der Waals surface area contributed by atoms with Crippen LogP contribution in [0.15, 0.2) is 4.90 Å². The van der Waals surface area contributed by atoms with Gasteiger partial charge in [0.2, 0.25) is 27.4 Å². The molecule has 184 valence electrons. The standard InChI is InChI=1S/C14H11F4NO10S4/c1-31(21,22)29-9-7-11-12(32(23,24)19-7)2(10(9)30-11)14(20)28-8-3(15)5(17)13(33(25,26)27)6(18)4(8)16/h2,7,9-12,19H,1H3,(H,25,26,27)/p-1. The molecular formula is C14H10F4NO10S4-. The highest BCUT2D eigenvalue weighted by molar-refractivity contribution is 8.03. The first-order valence-electron chi connectivity index (χ1n) is 8.54. The van der Waals surface area contributed by atoms with E-state index in [1.807, 2.05) is 0 Å². The molecule has 19 heteroatoms. The minimum Gasteiger partial charge on any atom is -0.744 e. The van der Waals surface area contributed by atoms with Gasteiger partial charge in [-0.3, -0.25) is 8.98 Å². The molecule has 0 aromatic heterocycles. The molecule has 11 nitrogen and oxygen atoms in total. The molecule has 1 aromatic rings. The lowest BCUT2D eigenvalue weighted by atomic mass is 9.84. The van der Waals surface area contributed by atoms with E-state index in [1.165, 1.54) is 0 Å². The second-order valence-electron chi connectivity index (χ2n) is 7.30. The third-order valence-corrected chi connectivity index (χ3v) is 10.5. The summed E-state index contributed by atoms with van der Waals surface area (Å²) in [5.74, 6) is -15.9. The van der Waals surface area contributed by atoms with Gasteiger partial charge in [-0.15, -0.1) is 11.8 Å². The van der Waals surface area contributed by atoms with E-state index in [0.29, 0.717) is 6.26 Å². The molecule has 6 unspecified atom stereocenters. The van der Waals surface area contributed by atoms with Gasteiger partial charge in [0, 0.05) is 10.5 Å². The lowest BCUT2D eigenvalue weighted by Gasteiger charge is -2.29.